The van der Waals surface area contributed by atoms with Crippen molar-refractivity contribution in [3.63, 3.8) is 0 Å². The molecule has 0 fully saturated rings. The molecule has 1 unspecified atom stereocenters. The quantitative estimate of drug-likeness (QED) is 0.855. The standard InChI is InChI=1S/C18H19ClN2O2/c1-13(15-5-3-2-4-6-15)21-18(23)12-20-17(22)11-14-7-9-16(19)10-8-14/h2-10,13H,11-12H2,1H3,(H,20,22)(H,21,23). The van der Waals surface area contributed by atoms with Crippen LogP contribution < -0.4 is 10.6 Å². The zero-order chi connectivity index (χ0) is 16.7. The topological polar surface area (TPSA) is 58.2 Å². The van der Waals surface area contributed by atoms with Crippen LogP contribution in [0, 0.1) is 0 Å². The maximum Gasteiger partial charge on any atom is 0.239 e. The fourth-order valence-electron chi connectivity index (χ4n) is 2.15. The third-order valence-electron chi connectivity index (χ3n) is 3.40. The Morgan fingerprint density at radius 3 is 2.30 bits per heavy atom. The van der Waals surface area contributed by atoms with Gasteiger partial charge in [-0.3, -0.25) is 9.59 Å². The van der Waals surface area contributed by atoms with E-state index >= 15 is 0 Å². The summed E-state index contributed by atoms with van der Waals surface area (Å²) >= 11 is 5.80. The predicted molar refractivity (Wildman–Crippen MR) is 91.2 cm³/mol. The molecule has 0 bridgehead atoms. The first-order chi connectivity index (χ1) is 11.0. The van der Waals surface area contributed by atoms with Crippen molar-refractivity contribution in [2.75, 3.05) is 6.54 Å². The Bertz CT molecular complexity index is 656. The Morgan fingerprint density at radius 1 is 1.00 bits per heavy atom. The van der Waals surface area contributed by atoms with E-state index in [1.807, 2.05) is 37.3 Å². The van der Waals surface area contributed by atoms with Gasteiger partial charge in [-0.2, -0.15) is 0 Å². The molecule has 1 atom stereocenters. The summed E-state index contributed by atoms with van der Waals surface area (Å²) in [4.78, 5) is 23.7. The number of hydrogen-bond acceptors (Lipinski definition) is 2. The number of rotatable bonds is 6. The Kier molecular flexibility index (Phi) is 6.18. The van der Waals surface area contributed by atoms with E-state index in [0.29, 0.717) is 5.02 Å². The van der Waals surface area contributed by atoms with Gasteiger partial charge < -0.3 is 10.6 Å². The van der Waals surface area contributed by atoms with Crippen LogP contribution >= 0.6 is 11.6 Å². The zero-order valence-corrected chi connectivity index (χ0v) is 13.6. The molecule has 5 heteroatoms. The average molecular weight is 331 g/mol. The van der Waals surface area contributed by atoms with Crippen molar-refractivity contribution in [3.8, 4) is 0 Å². The van der Waals surface area contributed by atoms with Gasteiger partial charge in [0.25, 0.3) is 0 Å². The third-order valence-corrected chi connectivity index (χ3v) is 3.65. The predicted octanol–water partition coefficient (Wildman–Crippen LogP) is 2.88. The molecule has 0 aromatic heterocycles. The molecule has 0 heterocycles. The number of hydrogen-bond donors (Lipinski definition) is 2. The molecule has 0 saturated carbocycles. The molecule has 0 aliphatic rings. The Balaban J connectivity index is 1.75. The van der Waals surface area contributed by atoms with E-state index in [0.717, 1.165) is 11.1 Å². The van der Waals surface area contributed by atoms with Gasteiger partial charge in [0.2, 0.25) is 11.8 Å². The average Bonchev–Trinajstić information content (AvgIpc) is 2.56. The molecule has 23 heavy (non-hydrogen) atoms. The van der Waals surface area contributed by atoms with Crippen molar-refractivity contribution in [2.45, 2.75) is 19.4 Å². The van der Waals surface area contributed by atoms with Gasteiger partial charge >= 0.3 is 0 Å². The van der Waals surface area contributed by atoms with E-state index in [1.165, 1.54) is 0 Å². The van der Waals surface area contributed by atoms with E-state index in [9.17, 15) is 9.59 Å². The van der Waals surface area contributed by atoms with Crippen LogP contribution in [0.4, 0.5) is 0 Å². The van der Waals surface area contributed by atoms with Crippen LogP contribution in [0.25, 0.3) is 0 Å². The second-order valence-electron chi connectivity index (χ2n) is 5.28. The lowest BCUT2D eigenvalue weighted by atomic mass is 10.1. The Labute approximate surface area is 140 Å². The molecule has 0 aliphatic heterocycles. The van der Waals surface area contributed by atoms with Crippen LogP contribution in [0.5, 0.6) is 0 Å². The summed E-state index contributed by atoms with van der Waals surface area (Å²) in [7, 11) is 0. The summed E-state index contributed by atoms with van der Waals surface area (Å²) in [6, 6.07) is 16.6. The highest BCUT2D eigenvalue weighted by atomic mass is 35.5. The van der Waals surface area contributed by atoms with Gasteiger partial charge in [-0.15, -0.1) is 0 Å². The highest BCUT2D eigenvalue weighted by molar-refractivity contribution is 6.30. The molecule has 2 aromatic carbocycles. The van der Waals surface area contributed by atoms with E-state index in [2.05, 4.69) is 10.6 Å². The number of benzene rings is 2. The van der Waals surface area contributed by atoms with Gasteiger partial charge in [-0.05, 0) is 30.2 Å². The number of nitrogens with one attached hydrogen (secondary N) is 2. The van der Waals surface area contributed by atoms with Crippen LogP contribution in [0.1, 0.15) is 24.1 Å². The minimum absolute atomic E-state index is 0.0381. The van der Waals surface area contributed by atoms with Gasteiger partial charge in [-0.25, -0.2) is 0 Å². The molecule has 2 amide bonds. The molecule has 0 radical (unpaired) electrons. The molecule has 0 saturated heterocycles. The smallest absolute Gasteiger partial charge is 0.239 e. The van der Waals surface area contributed by atoms with Crippen LogP contribution in [0.15, 0.2) is 54.6 Å². The number of carbonyl (C=O) groups excluding carboxylic acids is 2. The first kappa shape index (κ1) is 17.0. The second kappa shape index (κ2) is 8.34. The summed E-state index contributed by atoms with van der Waals surface area (Å²) in [5.74, 6) is -0.416. The van der Waals surface area contributed by atoms with Crippen LogP contribution in [0.2, 0.25) is 5.02 Å². The molecule has 2 rings (SSSR count). The maximum absolute atomic E-state index is 11.9. The van der Waals surface area contributed by atoms with Crippen molar-refractivity contribution in [3.05, 3.63) is 70.7 Å². The molecule has 4 nitrogen and oxygen atoms in total. The molecular formula is C18H19ClN2O2. The van der Waals surface area contributed by atoms with Gasteiger partial charge in [0.15, 0.2) is 0 Å². The lowest BCUT2D eigenvalue weighted by Gasteiger charge is -2.14. The van der Waals surface area contributed by atoms with E-state index in [-0.39, 0.29) is 30.8 Å². The molecule has 0 aliphatic carbocycles. The van der Waals surface area contributed by atoms with Crippen LogP contribution in [0.3, 0.4) is 0 Å². The van der Waals surface area contributed by atoms with Crippen molar-refractivity contribution in [1.29, 1.82) is 0 Å². The number of carbonyl (C=O) groups is 2. The molecule has 2 N–H and O–H groups in total. The first-order valence-electron chi connectivity index (χ1n) is 7.40. The summed E-state index contributed by atoms with van der Waals surface area (Å²) in [6.07, 6.45) is 0.221. The monoisotopic (exact) mass is 330 g/mol. The molecule has 120 valence electrons. The fraction of sp³-hybridized carbons (Fsp3) is 0.222. The van der Waals surface area contributed by atoms with Crippen molar-refractivity contribution < 1.29 is 9.59 Å². The van der Waals surface area contributed by atoms with Gasteiger partial charge in [0.05, 0.1) is 19.0 Å². The fourth-order valence-corrected chi connectivity index (χ4v) is 2.27. The maximum atomic E-state index is 11.9. The van der Waals surface area contributed by atoms with E-state index in [1.54, 1.807) is 24.3 Å². The highest BCUT2D eigenvalue weighted by Gasteiger charge is 2.10. The van der Waals surface area contributed by atoms with Gasteiger partial charge in [0, 0.05) is 5.02 Å². The minimum atomic E-state index is -0.217. The molecule has 0 spiro atoms. The van der Waals surface area contributed by atoms with Crippen molar-refractivity contribution >= 4 is 23.4 Å². The molecular weight excluding hydrogens is 312 g/mol. The van der Waals surface area contributed by atoms with E-state index < -0.39 is 0 Å². The second-order valence-corrected chi connectivity index (χ2v) is 5.72. The lowest BCUT2D eigenvalue weighted by molar-refractivity contribution is -0.126. The number of halogens is 1. The number of amides is 2. The summed E-state index contributed by atoms with van der Waals surface area (Å²) in [5, 5.41) is 6.10. The van der Waals surface area contributed by atoms with Gasteiger partial charge in [0.1, 0.15) is 0 Å². The Hall–Kier alpha value is -2.33. The van der Waals surface area contributed by atoms with Crippen LogP contribution in [-0.2, 0) is 16.0 Å². The minimum Gasteiger partial charge on any atom is -0.348 e. The van der Waals surface area contributed by atoms with E-state index in [4.69, 9.17) is 11.6 Å². The SMILES string of the molecule is CC(NC(=O)CNC(=O)Cc1ccc(Cl)cc1)c1ccccc1. The third kappa shape index (κ3) is 5.75. The summed E-state index contributed by atoms with van der Waals surface area (Å²) < 4.78 is 0. The normalized spacial score (nSPS) is 11.6. The van der Waals surface area contributed by atoms with Gasteiger partial charge in [-0.1, -0.05) is 54.1 Å². The largest absolute Gasteiger partial charge is 0.348 e. The summed E-state index contributed by atoms with van der Waals surface area (Å²) in [5.41, 5.74) is 1.87. The zero-order valence-electron chi connectivity index (χ0n) is 12.9. The van der Waals surface area contributed by atoms with Crippen molar-refractivity contribution in [1.82, 2.24) is 10.6 Å². The first-order valence-corrected chi connectivity index (χ1v) is 7.78. The molecule has 2 aromatic rings. The Morgan fingerprint density at radius 2 is 1.65 bits per heavy atom. The van der Waals surface area contributed by atoms with Crippen molar-refractivity contribution in [2.24, 2.45) is 0 Å². The lowest BCUT2D eigenvalue weighted by Crippen LogP contribution is -2.38. The highest BCUT2D eigenvalue weighted by Crippen LogP contribution is 2.11. The van der Waals surface area contributed by atoms with Crippen LogP contribution in [-0.4, -0.2) is 18.4 Å². The summed E-state index contributed by atoms with van der Waals surface area (Å²) in [6.45, 7) is 1.87.